The highest BCUT2D eigenvalue weighted by molar-refractivity contribution is 7.99. The largest absolute Gasteiger partial charge is 0.262 e. The van der Waals surface area contributed by atoms with E-state index in [9.17, 15) is 0 Å². The Balaban J connectivity index is 1.76. The Bertz CT molecular complexity index is 337. The fourth-order valence-electron chi connectivity index (χ4n) is 1.18. The number of rotatable bonds is 5. The highest BCUT2D eigenvalue weighted by atomic mass is 32.2. The molecule has 5 heteroatoms. The third-order valence-electron chi connectivity index (χ3n) is 2.11. The van der Waals surface area contributed by atoms with Crippen molar-refractivity contribution in [1.29, 1.82) is 5.26 Å². The Morgan fingerprint density at radius 3 is 3.14 bits per heavy atom. The molecule has 1 aliphatic carbocycles. The van der Waals surface area contributed by atoms with Crippen molar-refractivity contribution in [3.05, 3.63) is 5.82 Å². The van der Waals surface area contributed by atoms with E-state index in [1.54, 1.807) is 11.8 Å². The molecule has 0 radical (unpaired) electrons. The molecule has 0 aliphatic heterocycles. The minimum atomic E-state index is 0.618. The maximum absolute atomic E-state index is 8.35. The third kappa shape index (κ3) is 2.48. The molecule has 14 heavy (non-hydrogen) atoms. The van der Waals surface area contributed by atoms with Crippen LogP contribution < -0.4 is 0 Å². The van der Waals surface area contributed by atoms with Crippen LogP contribution in [0.4, 0.5) is 0 Å². The van der Waals surface area contributed by atoms with E-state index in [2.05, 4.69) is 21.3 Å². The molecule has 74 valence electrons. The molecule has 1 aromatic rings. The summed E-state index contributed by atoms with van der Waals surface area (Å²) in [6, 6.07) is 2.13. The van der Waals surface area contributed by atoms with Gasteiger partial charge in [0.1, 0.15) is 5.82 Å². The molecule has 1 heterocycles. The zero-order valence-corrected chi connectivity index (χ0v) is 8.68. The average molecular weight is 208 g/mol. The Morgan fingerprint density at radius 1 is 1.57 bits per heavy atom. The number of unbranched alkanes of at least 4 members (excludes halogenated alkanes) is 1. The number of nitrogens with zero attached hydrogens (tertiary/aromatic N) is 3. The second-order valence-electron chi connectivity index (χ2n) is 3.39. The van der Waals surface area contributed by atoms with Crippen LogP contribution in [0.2, 0.25) is 0 Å². The van der Waals surface area contributed by atoms with Crippen LogP contribution in [-0.4, -0.2) is 20.9 Å². The standard InChI is InChI=1S/C9H12N4S/c10-5-1-2-6-14-9-11-8(12-13-9)7-3-4-7/h7H,1-4,6H2,(H,11,12,13). The molecular formula is C9H12N4S. The van der Waals surface area contributed by atoms with Crippen molar-refractivity contribution in [3.8, 4) is 6.07 Å². The Labute approximate surface area is 87.1 Å². The summed E-state index contributed by atoms with van der Waals surface area (Å²) in [5.74, 6) is 2.60. The topological polar surface area (TPSA) is 65.4 Å². The van der Waals surface area contributed by atoms with Gasteiger partial charge in [0, 0.05) is 18.1 Å². The first-order valence-electron chi connectivity index (χ1n) is 4.82. The number of nitrogens with one attached hydrogen (secondary N) is 1. The lowest BCUT2D eigenvalue weighted by molar-refractivity contribution is 0.930. The predicted octanol–water partition coefficient (Wildman–Crippen LogP) is 2.08. The van der Waals surface area contributed by atoms with Crippen LogP contribution in [0.3, 0.4) is 0 Å². The molecule has 0 bridgehead atoms. The zero-order chi connectivity index (χ0) is 9.80. The van der Waals surface area contributed by atoms with Crippen molar-refractivity contribution in [3.63, 3.8) is 0 Å². The molecule has 1 N–H and O–H groups in total. The molecule has 0 amide bonds. The van der Waals surface area contributed by atoms with Gasteiger partial charge in [-0.2, -0.15) is 5.26 Å². The second-order valence-corrected chi connectivity index (χ2v) is 4.45. The fraction of sp³-hybridized carbons (Fsp3) is 0.667. The molecule has 0 atom stereocenters. The molecule has 0 spiro atoms. The first kappa shape index (κ1) is 9.53. The van der Waals surface area contributed by atoms with Gasteiger partial charge in [-0.25, -0.2) is 4.98 Å². The summed E-state index contributed by atoms with van der Waals surface area (Å²) in [5, 5.41) is 16.3. The van der Waals surface area contributed by atoms with Crippen molar-refractivity contribution in [2.45, 2.75) is 36.8 Å². The Morgan fingerprint density at radius 2 is 2.43 bits per heavy atom. The van der Waals surface area contributed by atoms with Gasteiger partial charge in [-0.05, 0) is 19.3 Å². The zero-order valence-electron chi connectivity index (χ0n) is 7.86. The molecule has 1 fully saturated rings. The summed E-state index contributed by atoms with van der Waals surface area (Å²) in [6.07, 6.45) is 4.02. The van der Waals surface area contributed by atoms with Gasteiger partial charge in [0.15, 0.2) is 0 Å². The fourth-order valence-corrected chi connectivity index (χ4v) is 1.92. The summed E-state index contributed by atoms with van der Waals surface area (Å²) in [5.41, 5.74) is 0. The second kappa shape index (κ2) is 4.47. The van der Waals surface area contributed by atoms with Gasteiger partial charge >= 0.3 is 0 Å². The van der Waals surface area contributed by atoms with Crippen molar-refractivity contribution in [2.24, 2.45) is 0 Å². The average Bonchev–Trinajstić information content (AvgIpc) is 2.94. The Hall–Kier alpha value is -1.02. The summed E-state index contributed by atoms with van der Waals surface area (Å²) >= 11 is 1.62. The summed E-state index contributed by atoms with van der Waals surface area (Å²) < 4.78 is 0. The maximum Gasteiger partial charge on any atom is 0.208 e. The number of H-pyrrole nitrogens is 1. The van der Waals surface area contributed by atoms with Gasteiger partial charge in [-0.1, -0.05) is 11.8 Å². The lowest BCUT2D eigenvalue weighted by Gasteiger charge is -1.91. The number of thioether (sulfide) groups is 1. The van der Waals surface area contributed by atoms with Crippen molar-refractivity contribution >= 4 is 11.8 Å². The van der Waals surface area contributed by atoms with Crippen LogP contribution in [0.25, 0.3) is 0 Å². The van der Waals surface area contributed by atoms with Crippen molar-refractivity contribution in [1.82, 2.24) is 15.2 Å². The predicted molar refractivity (Wildman–Crippen MR) is 53.9 cm³/mol. The van der Waals surface area contributed by atoms with Crippen LogP contribution in [0.5, 0.6) is 0 Å². The van der Waals surface area contributed by atoms with Crippen LogP contribution in [0.15, 0.2) is 5.16 Å². The molecule has 2 rings (SSSR count). The number of aromatic amines is 1. The lowest BCUT2D eigenvalue weighted by Crippen LogP contribution is -1.82. The highest BCUT2D eigenvalue weighted by Crippen LogP contribution is 2.38. The number of nitriles is 1. The van der Waals surface area contributed by atoms with Crippen LogP contribution in [-0.2, 0) is 0 Å². The van der Waals surface area contributed by atoms with Gasteiger partial charge in [0.05, 0.1) is 6.07 Å². The number of aromatic nitrogens is 3. The highest BCUT2D eigenvalue weighted by Gasteiger charge is 2.26. The van der Waals surface area contributed by atoms with Gasteiger partial charge in [-0.15, -0.1) is 5.10 Å². The number of hydrogen-bond donors (Lipinski definition) is 1. The van der Waals surface area contributed by atoms with E-state index >= 15 is 0 Å². The van der Waals surface area contributed by atoms with E-state index < -0.39 is 0 Å². The van der Waals surface area contributed by atoms with Crippen LogP contribution >= 0.6 is 11.8 Å². The maximum atomic E-state index is 8.35. The smallest absolute Gasteiger partial charge is 0.208 e. The van der Waals surface area contributed by atoms with Crippen LogP contribution in [0.1, 0.15) is 37.4 Å². The first-order chi connectivity index (χ1) is 6.90. The molecular weight excluding hydrogens is 196 g/mol. The van der Waals surface area contributed by atoms with Gasteiger partial charge in [-0.3, -0.25) is 5.10 Å². The quantitative estimate of drug-likeness (QED) is 0.594. The van der Waals surface area contributed by atoms with Gasteiger partial charge < -0.3 is 0 Å². The molecule has 1 saturated carbocycles. The van der Waals surface area contributed by atoms with E-state index in [-0.39, 0.29) is 0 Å². The monoisotopic (exact) mass is 208 g/mol. The summed E-state index contributed by atoms with van der Waals surface area (Å²) in [4.78, 5) is 4.38. The first-order valence-corrected chi connectivity index (χ1v) is 5.81. The van der Waals surface area contributed by atoms with Crippen LogP contribution in [0, 0.1) is 11.3 Å². The van der Waals surface area contributed by atoms with E-state index in [1.165, 1.54) is 12.8 Å². The SMILES string of the molecule is N#CCCCSc1n[nH]c(C2CC2)n1. The lowest BCUT2D eigenvalue weighted by atomic mass is 10.4. The minimum absolute atomic E-state index is 0.618. The number of hydrogen-bond acceptors (Lipinski definition) is 4. The summed E-state index contributed by atoms with van der Waals surface area (Å²) in [7, 11) is 0. The molecule has 0 saturated heterocycles. The molecule has 1 aromatic heterocycles. The normalized spacial score (nSPS) is 15.4. The molecule has 1 aliphatic rings. The minimum Gasteiger partial charge on any atom is -0.262 e. The van der Waals surface area contributed by atoms with Gasteiger partial charge in [0.25, 0.3) is 0 Å². The molecule has 4 nitrogen and oxygen atoms in total. The summed E-state index contributed by atoms with van der Waals surface area (Å²) in [6.45, 7) is 0. The van der Waals surface area contributed by atoms with Gasteiger partial charge in [0.2, 0.25) is 5.16 Å². The van der Waals surface area contributed by atoms with E-state index in [4.69, 9.17) is 5.26 Å². The van der Waals surface area contributed by atoms with Crippen molar-refractivity contribution < 1.29 is 0 Å². The van der Waals surface area contributed by atoms with E-state index in [0.29, 0.717) is 12.3 Å². The van der Waals surface area contributed by atoms with E-state index in [0.717, 1.165) is 23.2 Å². The molecule has 0 unspecified atom stereocenters. The molecule has 0 aromatic carbocycles. The van der Waals surface area contributed by atoms with Crippen molar-refractivity contribution in [2.75, 3.05) is 5.75 Å². The van der Waals surface area contributed by atoms with E-state index in [1.807, 2.05) is 0 Å². The Kier molecular flexibility index (Phi) is 3.04. The third-order valence-corrected chi connectivity index (χ3v) is 3.04.